The lowest BCUT2D eigenvalue weighted by Crippen LogP contribution is -2.38. The van der Waals surface area contributed by atoms with Gasteiger partial charge < -0.3 is 9.80 Å². The fourth-order valence-corrected chi connectivity index (χ4v) is 3.83. The summed E-state index contributed by atoms with van der Waals surface area (Å²) >= 11 is 11.4. The summed E-state index contributed by atoms with van der Waals surface area (Å²) in [6.45, 7) is 17.8. The van der Waals surface area contributed by atoms with Crippen LogP contribution in [0.25, 0.3) is 0 Å². The van der Waals surface area contributed by atoms with Crippen molar-refractivity contribution in [2.24, 2.45) is 5.92 Å². The molecule has 0 atom stereocenters. The topological polar surface area (TPSA) is 23.6 Å². The number of halogens is 2. The summed E-state index contributed by atoms with van der Waals surface area (Å²) in [5.74, 6) is 1.07. The van der Waals surface area contributed by atoms with Crippen molar-refractivity contribution in [2.45, 2.75) is 73.6 Å². The van der Waals surface area contributed by atoms with E-state index in [0.29, 0.717) is 10.0 Å². The Morgan fingerprint density at radius 2 is 1.62 bits per heavy atom. The molecule has 1 aromatic carbocycles. The Bertz CT molecular complexity index is 532. The fraction of sp³-hybridized carbons (Fsp3) is 0.708. The maximum Gasteiger partial charge on any atom is 0.219 e. The van der Waals surface area contributed by atoms with Crippen molar-refractivity contribution in [1.29, 1.82) is 0 Å². The SMILES string of the molecule is CC.CCCN(CCC)CCC1CCN(C(C)=O)CC1.Cc1cccc(Cl)c1Cl. The van der Waals surface area contributed by atoms with Gasteiger partial charge in [0.05, 0.1) is 10.0 Å². The van der Waals surface area contributed by atoms with Crippen molar-refractivity contribution in [3.63, 3.8) is 0 Å². The first-order valence-corrected chi connectivity index (χ1v) is 12.0. The molecule has 0 aromatic heterocycles. The molecular formula is C24H42Cl2N2O. The molecule has 2 rings (SSSR count). The van der Waals surface area contributed by atoms with Crippen LogP contribution in [-0.2, 0) is 4.79 Å². The van der Waals surface area contributed by atoms with Crippen LogP contribution in [0.2, 0.25) is 10.0 Å². The number of carbonyl (C=O) groups is 1. The van der Waals surface area contributed by atoms with Gasteiger partial charge in [0.2, 0.25) is 5.91 Å². The highest BCUT2D eigenvalue weighted by molar-refractivity contribution is 6.42. The van der Waals surface area contributed by atoms with Gasteiger partial charge in [-0.1, -0.05) is 63.0 Å². The van der Waals surface area contributed by atoms with E-state index < -0.39 is 0 Å². The quantitative estimate of drug-likeness (QED) is 0.447. The van der Waals surface area contributed by atoms with Crippen LogP contribution < -0.4 is 0 Å². The van der Waals surface area contributed by atoms with Crippen molar-refractivity contribution < 1.29 is 4.79 Å². The number of rotatable bonds is 7. The minimum absolute atomic E-state index is 0.243. The summed E-state index contributed by atoms with van der Waals surface area (Å²) in [5.41, 5.74) is 1.02. The summed E-state index contributed by atoms with van der Waals surface area (Å²) in [7, 11) is 0. The average molecular weight is 446 g/mol. The molecular weight excluding hydrogens is 403 g/mol. The summed E-state index contributed by atoms with van der Waals surface area (Å²) < 4.78 is 0. The van der Waals surface area contributed by atoms with Crippen LogP contribution in [0.15, 0.2) is 18.2 Å². The highest BCUT2D eigenvalue weighted by Gasteiger charge is 2.20. The second kappa shape index (κ2) is 17.0. The monoisotopic (exact) mass is 444 g/mol. The van der Waals surface area contributed by atoms with Gasteiger partial charge in [-0.05, 0) is 76.2 Å². The fourth-order valence-electron chi connectivity index (χ4n) is 3.48. The molecule has 29 heavy (non-hydrogen) atoms. The molecule has 1 saturated heterocycles. The molecule has 1 heterocycles. The first-order valence-electron chi connectivity index (χ1n) is 11.3. The lowest BCUT2D eigenvalue weighted by atomic mass is 9.93. The van der Waals surface area contributed by atoms with E-state index in [1.165, 1.54) is 51.7 Å². The molecule has 0 spiro atoms. The molecule has 0 aliphatic carbocycles. The van der Waals surface area contributed by atoms with E-state index in [2.05, 4.69) is 18.7 Å². The van der Waals surface area contributed by atoms with Crippen LogP contribution in [-0.4, -0.2) is 48.4 Å². The van der Waals surface area contributed by atoms with Crippen molar-refractivity contribution in [2.75, 3.05) is 32.7 Å². The van der Waals surface area contributed by atoms with Crippen LogP contribution >= 0.6 is 23.2 Å². The van der Waals surface area contributed by atoms with Gasteiger partial charge in [0, 0.05) is 20.0 Å². The largest absolute Gasteiger partial charge is 0.343 e. The number of hydrogen-bond acceptors (Lipinski definition) is 2. The maximum atomic E-state index is 11.3. The standard InChI is InChI=1S/C15H30N2O.C7H6Cl2.C2H6/c1-4-9-16(10-5-2)11-6-15-7-12-17(13-8-15)14(3)18;1-5-3-2-4-6(8)7(5)9;1-2/h15H,4-13H2,1-3H3;2-4H,1H3;1-2H3. The van der Waals surface area contributed by atoms with Gasteiger partial charge in [-0.2, -0.15) is 0 Å². The Kier molecular flexibility index (Phi) is 16.5. The van der Waals surface area contributed by atoms with Crippen LogP contribution in [0.3, 0.4) is 0 Å². The number of nitrogens with zero attached hydrogens (tertiary/aromatic N) is 2. The highest BCUT2D eigenvalue weighted by Crippen LogP contribution is 2.24. The number of likely N-dealkylation sites (tertiary alicyclic amines) is 1. The zero-order valence-electron chi connectivity index (χ0n) is 19.4. The van der Waals surface area contributed by atoms with Gasteiger partial charge in [0.15, 0.2) is 0 Å². The molecule has 168 valence electrons. The van der Waals surface area contributed by atoms with E-state index >= 15 is 0 Å². The molecule has 3 nitrogen and oxygen atoms in total. The molecule has 0 bridgehead atoms. The highest BCUT2D eigenvalue weighted by atomic mass is 35.5. The second-order valence-corrected chi connectivity index (χ2v) is 8.24. The van der Waals surface area contributed by atoms with Crippen LogP contribution in [0, 0.1) is 12.8 Å². The van der Waals surface area contributed by atoms with Gasteiger partial charge in [-0.3, -0.25) is 4.79 Å². The van der Waals surface area contributed by atoms with E-state index in [4.69, 9.17) is 23.2 Å². The third kappa shape index (κ3) is 11.9. The average Bonchev–Trinajstić information content (AvgIpc) is 2.73. The Morgan fingerprint density at radius 3 is 2.03 bits per heavy atom. The van der Waals surface area contributed by atoms with E-state index in [-0.39, 0.29) is 5.91 Å². The first kappa shape index (κ1) is 28.2. The molecule has 1 amide bonds. The van der Waals surface area contributed by atoms with E-state index in [1.54, 1.807) is 13.0 Å². The van der Waals surface area contributed by atoms with Crippen molar-refractivity contribution in [1.82, 2.24) is 9.80 Å². The Labute approximate surface area is 189 Å². The van der Waals surface area contributed by atoms with Crippen LogP contribution in [0.5, 0.6) is 0 Å². The lowest BCUT2D eigenvalue weighted by molar-refractivity contribution is -0.130. The smallest absolute Gasteiger partial charge is 0.219 e. The number of benzene rings is 1. The molecule has 1 aliphatic rings. The van der Waals surface area contributed by atoms with Gasteiger partial charge >= 0.3 is 0 Å². The van der Waals surface area contributed by atoms with Gasteiger partial charge in [0.25, 0.3) is 0 Å². The Hall–Kier alpha value is -0.770. The maximum absolute atomic E-state index is 11.3. The third-order valence-electron chi connectivity index (χ3n) is 5.14. The number of hydrogen-bond donors (Lipinski definition) is 0. The minimum atomic E-state index is 0.243. The van der Waals surface area contributed by atoms with Gasteiger partial charge in [0.1, 0.15) is 0 Å². The first-order chi connectivity index (χ1) is 13.9. The number of carbonyl (C=O) groups excluding carboxylic acids is 1. The van der Waals surface area contributed by atoms with Crippen LogP contribution in [0.1, 0.15) is 72.3 Å². The molecule has 0 saturated carbocycles. The Morgan fingerprint density at radius 1 is 1.07 bits per heavy atom. The Balaban J connectivity index is 0.000000595. The van der Waals surface area contributed by atoms with Crippen molar-refractivity contribution >= 4 is 29.1 Å². The molecule has 0 radical (unpaired) electrons. The molecule has 0 unspecified atom stereocenters. The van der Waals surface area contributed by atoms with E-state index in [0.717, 1.165) is 24.6 Å². The molecule has 5 heteroatoms. The third-order valence-corrected chi connectivity index (χ3v) is 6.05. The number of amides is 1. The number of piperidine rings is 1. The van der Waals surface area contributed by atoms with Gasteiger partial charge in [-0.25, -0.2) is 0 Å². The summed E-state index contributed by atoms with van der Waals surface area (Å²) in [6, 6.07) is 5.58. The zero-order chi connectivity index (χ0) is 22.2. The molecule has 0 N–H and O–H groups in total. The lowest BCUT2D eigenvalue weighted by Gasteiger charge is -2.32. The summed E-state index contributed by atoms with van der Waals surface area (Å²) in [6.07, 6.45) is 6.22. The van der Waals surface area contributed by atoms with Gasteiger partial charge in [-0.15, -0.1) is 0 Å². The van der Waals surface area contributed by atoms with Crippen LogP contribution in [0.4, 0.5) is 0 Å². The summed E-state index contributed by atoms with van der Waals surface area (Å²) in [4.78, 5) is 15.8. The van der Waals surface area contributed by atoms with E-state index in [9.17, 15) is 4.79 Å². The minimum Gasteiger partial charge on any atom is -0.343 e. The van der Waals surface area contributed by atoms with E-state index in [1.807, 2.05) is 37.8 Å². The predicted octanol–water partition coefficient (Wildman–Crippen LogP) is 7.09. The summed E-state index contributed by atoms with van der Waals surface area (Å²) in [5, 5.41) is 1.27. The second-order valence-electron chi connectivity index (χ2n) is 7.45. The normalized spacial score (nSPS) is 14.0. The van der Waals surface area contributed by atoms with Crippen molar-refractivity contribution in [3.05, 3.63) is 33.8 Å². The number of aryl methyl sites for hydroxylation is 1. The predicted molar refractivity (Wildman–Crippen MR) is 129 cm³/mol. The molecule has 1 fully saturated rings. The zero-order valence-corrected chi connectivity index (χ0v) is 21.0. The molecule has 1 aliphatic heterocycles. The van der Waals surface area contributed by atoms with Crippen molar-refractivity contribution in [3.8, 4) is 0 Å². The molecule has 1 aromatic rings.